The Kier molecular flexibility index (Phi) is 4.01. The van der Waals surface area contributed by atoms with Gasteiger partial charge in [-0.3, -0.25) is 14.6 Å². The first kappa shape index (κ1) is 16.7. The minimum absolute atomic E-state index is 0.143. The fourth-order valence-electron chi connectivity index (χ4n) is 2.84. The Bertz CT molecular complexity index is 1040. The van der Waals surface area contributed by atoms with E-state index in [1.165, 1.54) is 18.3 Å². The molecule has 1 aromatic heterocycles. The summed E-state index contributed by atoms with van der Waals surface area (Å²) in [6.45, 7) is 1.98. The number of fused-ring (bicyclic) bond motifs is 1. The van der Waals surface area contributed by atoms with E-state index >= 15 is 0 Å². The van der Waals surface area contributed by atoms with E-state index in [4.69, 9.17) is 4.84 Å². The predicted octanol–water partition coefficient (Wildman–Crippen LogP) is 3.43. The summed E-state index contributed by atoms with van der Waals surface area (Å²) in [6.07, 6.45) is 2.96. The normalized spacial score (nSPS) is 12.9. The monoisotopic (exact) mass is 358 g/mol. The lowest BCUT2D eigenvalue weighted by Gasteiger charge is -2.13. The maximum absolute atomic E-state index is 12.5. The van der Waals surface area contributed by atoms with Crippen LogP contribution in [0.25, 0.3) is 11.1 Å². The van der Waals surface area contributed by atoms with Crippen molar-refractivity contribution in [3.05, 3.63) is 89.2 Å². The van der Waals surface area contributed by atoms with Gasteiger partial charge in [0.2, 0.25) is 0 Å². The topological polar surface area (TPSA) is 76.6 Å². The summed E-state index contributed by atoms with van der Waals surface area (Å²) in [5, 5.41) is 0.492. The minimum Gasteiger partial charge on any atom is -0.324 e. The molecule has 0 atom stereocenters. The number of carbonyl (C=O) groups is 3. The van der Waals surface area contributed by atoms with Crippen LogP contribution in [0.3, 0.4) is 0 Å². The highest BCUT2D eigenvalue weighted by Crippen LogP contribution is 2.24. The van der Waals surface area contributed by atoms with Gasteiger partial charge >= 0.3 is 5.97 Å². The van der Waals surface area contributed by atoms with Gasteiger partial charge in [-0.05, 0) is 30.7 Å². The number of hydrogen-bond acceptors (Lipinski definition) is 5. The number of aromatic nitrogens is 1. The molecule has 0 bridgehead atoms. The molecular formula is C21H14N2O4. The number of imide groups is 1. The number of rotatable bonds is 3. The van der Waals surface area contributed by atoms with Crippen LogP contribution in [-0.4, -0.2) is 27.8 Å². The molecule has 4 rings (SSSR count). The van der Waals surface area contributed by atoms with Gasteiger partial charge in [-0.1, -0.05) is 47.0 Å². The third-order valence-electron chi connectivity index (χ3n) is 4.29. The number of hydrogen-bond donors (Lipinski definition) is 0. The average Bonchev–Trinajstić information content (AvgIpc) is 2.94. The highest BCUT2D eigenvalue weighted by atomic mass is 16.7. The molecule has 2 amide bonds. The molecule has 27 heavy (non-hydrogen) atoms. The van der Waals surface area contributed by atoms with Crippen LogP contribution in [0.4, 0.5) is 0 Å². The van der Waals surface area contributed by atoms with Gasteiger partial charge in [0, 0.05) is 18.0 Å². The molecule has 3 aromatic rings. The number of aryl methyl sites for hydroxylation is 1. The summed E-state index contributed by atoms with van der Waals surface area (Å²) in [5.74, 6) is -2.15. The van der Waals surface area contributed by atoms with Crippen molar-refractivity contribution < 1.29 is 19.2 Å². The number of carbonyl (C=O) groups excluding carboxylic acids is 3. The quantitative estimate of drug-likeness (QED) is 0.671. The van der Waals surface area contributed by atoms with E-state index < -0.39 is 17.8 Å². The van der Waals surface area contributed by atoms with E-state index in [2.05, 4.69) is 4.98 Å². The van der Waals surface area contributed by atoms with E-state index in [9.17, 15) is 14.4 Å². The predicted molar refractivity (Wildman–Crippen MR) is 96.8 cm³/mol. The molecule has 0 saturated heterocycles. The Hall–Kier alpha value is -3.80. The van der Waals surface area contributed by atoms with Crippen LogP contribution in [-0.2, 0) is 4.84 Å². The molecule has 0 spiro atoms. The third kappa shape index (κ3) is 2.97. The van der Waals surface area contributed by atoms with E-state index in [1.807, 2.05) is 31.2 Å². The van der Waals surface area contributed by atoms with Gasteiger partial charge < -0.3 is 4.84 Å². The smallest absolute Gasteiger partial charge is 0.324 e. The van der Waals surface area contributed by atoms with Crippen LogP contribution in [0.2, 0.25) is 0 Å². The number of benzene rings is 2. The molecule has 0 N–H and O–H groups in total. The SMILES string of the molecule is Cc1ccc(-c2cncc(C(=O)ON3C(=O)c4ccccc4C3=O)c2)cc1. The van der Waals surface area contributed by atoms with Crippen LogP contribution < -0.4 is 0 Å². The summed E-state index contributed by atoms with van der Waals surface area (Å²) < 4.78 is 0. The van der Waals surface area contributed by atoms with Crippen LogP contribution in [0.5, 0.6) is 0 Å². The maximum Gasteiger partial charge on any atom is 0.365 e. The minimum atomic E-state index is -0.828. The number of nitrogens with zero attached hydrogens (tertiary/aromatic N) is 2. The van der Waals surface area contributed by atoms with E-state index in [0.29, 0.717) is 5.06 Å². The van der Waals surface area contributed by atoms with Crippen LogP contribution in [0.15, 0.2) is 67.0 Å². The third-order valence-corrected chi connectivity index (χ3v) is 4.29. The summed E-state index contributed by atoms with van der Waals surface area (Å²) in [4.78, 5) is 46.2. The Balaban J connectivity index is 1.58. The molecule has 132 valence electrons. The molecule has 0 unspecified atom stereocenters. The van der Waals surface area contributed by atoms with Crippen LogP contribution in [0, 0.1) is 6.92 Å². The van der Waals surface area contributed by atoms with Crippen molar-refractivity contribution in [2.24, 2.45) is 0 Å². The van der Waals surface area contributed by atoms with Crippen molar-refractivity contribution in [1.82, 2.24) is 10.0 Å². The average molecular weight is 358 g/mol. The second kappa shape index (κ2) is 6.49. The van der Waals surface area contributed by atoms with Crippen molar-refractivity contribution in [1.29, 1.82) is 0 Å². The number of amides is 2. The summed E-state index contributed by atoms with van der Waals surface area (Å²) in [6, 6.07) is 15.7. The summed E-state index contributed by atoms with van der Waals surface area (Å²) in [7, 11) is 0. The molecule has 2 heterocycles. The highest BCUT2D eigenvalue weighted by molar-refractivity contribution is 6.21. The van der Waals surface area contributed by atoms with Crippen molar-refractivity contribution in [3.8, 4) is 11.1 Å². The highest BCUT2D eigenvalue weighted by Gasteiger charge is 2.38. The van der Waals surface area contributed by atoms with E-state index in [-0.39, 0.29) is 16.7 Å². The van der Waals surface area contributed by atoms with Crippen LogP contribution >= 0.6 is 0 Å². The first-order valence-corrected chi connectivity index (χ1v) is 8.27. The zero-order valence-corrected chi connectivity index (χ0v) is 14.4. The zero-order chi connectivity index (χ0) is 19.0. The van der Waals surface area contributed by atoms with Gasteiger partial charge in [0.25, 0.3) is 11.8 Å². The Labute approximate surface area is 155 Å². The molecule has 2 aromatic carbocycles. The summed E-state index contributed by atoms with van der Waals surface area (Å²) >= 11 is 0. The first-order valence-electron chi connectivity index (χ1n) is 8.27. The lowest BCUT2D eigenvalue weighted by atomic mass is 10.0. The molecule has 0 saturated carbocycles. The van der Waals surface area contributed by atoms with Crippen molar-refractivity contribution in [2.45, 2.75) is 6.92 Å². The largest absolute Gasteiger partial charge is 0.365 e. The van der Waals surface area contributed by atoms with Crippen molar-refractivity contribution in [3.63, 3.8) is 0 Å². The van der Waals surface area contributed by atoms with Crippen molar-refractivity contribution in [2.75, 3.05) is 0 Å². The second-order valence-electron chi connectivity index (χ2n) is 6.16. The Morgan fingerprint density at radius 3 is 2.15 bits per heavy atom. The van der Waals surface area contributed by atoms with E-state index in [1.54, 1.807) is 24.4 Å². The first-order chi connectivity index (χ1) is 13.0. The molecular weight excluding hydrogens is 344 g/mol. The van der Waals surface area contributed by atoms with Gasteiger partial charge in [0.15, 0.2) is 0 Å². The van der Waals surface area contributed by atoms with Crippen LogP contribution in [0.1, 0.15) is 36.6 Å². The standard InChI is InChI=1S/C21H14N2O4/c1-13-6-8-14(9-7-13)15-10-16(12-22-11-15)21(26)27-23-19(24)17-4-2-3-5-18(17)20(23)25/h2-12H,1H3. The number of pyridine rings is 1. The number of hydroxylamine groups is 2. The summed E-state index contributed by atoms with van der Waals surface area (Å²) in [5.41, 5.74) is 3.30. The fourth-order valence-corrected chi connectivity index (χ4v) is 2.84. The molecule has 6 nitrogen and oxygen atoms in total. The Morgan fingerprint density at radius 2 is 1.52 bits per heavy atom. The van der Waals surface area contributed by atoms with Gasteiger partial charge in [-0.25, -0.2) is 4.79 Å². The maximum atomic E-state index is 12.5. The molecule has 0 fully saturated rings. The van der Waals surface area contributed by atoms with E-state index in [0.717, 1.165) is 16.7 Å². The molecule has 0 aliphatic carbocycles. The molecule has 1 aliphatic heterocycles. The Morgan fingerprint density at radius 1 is 0.889 bits per heavy atom. The fraction of sp³-hybridized carbons (Fsp3) is 0.0476. The van der Waals surface area contributed by atoms with Gasteiger partial charge in [-0.2, -0.15) is 0 Å². The van der Waals surface area contributed by atoms with Gasteiger partial charge in [-0.15, -0.1) is 0 Å². The molecule has 0 radical (unpaired) electrons. The van der Waals surface area contributed by atoms with Gasteiger partial charge in [0.1, 0.15) is 0 Å². The second-order valence-corrected chi connectivity index (χ2v) is 6.16. The lowest BCUT2D eigenvalue weighted by Crippen LogP contribution is -2.32. The molecule has 6 heteroatoms. The lowest BCUT2D eigenvalue weighted by molar-refractivity contribution is -0.0584. The zero-order valence-electron chi connectivity index (χ0n) is 14.4. The van der Waals surface area contributed by atoms with Crippen molar-refractivity contribution >= 4 is 17.8 Å². The molecule has 1 aliphatic rings. The van der Waals surface area contributed by atoms with Gasteiger partial charge in [0.05, 0.1) is 16.7 Å².